The Morgan fingerprint density at radius 3 is 2.92 bits per heavy atom. The van der Waals surface area contributed by atoms with Gasteiger partial charge in [-0.05, 0) is 49.7 Å². The monoisotopic (exact) mass is 330 g/mol. The van der Waals surface area contributed by atoms with E-state index in [1.807, 2.05) is 18.2 Å². The fourth-order valence-corrected chi connectivity index (χ4v) is 4.90. The predicted octanol–water partition coefficient (Wildman–Crippen LogP) is 1.37. The number of aliphatic hydroxyl groups is 1. The van der Waals surface area contributed by atoms with Crippen LogP contribution in [0.4, 0.5) is 10.6 Å². The summed E-state index contributed by atoms with van der Waals surface area (Å²) in [5.74, 6) is 2.35. The van der Waals surface area contributed by atoms with Gasteiger partial charge in [0, 0.05) is 43.9 Å². The summed E-state index contributed by atoms with van der Waals surface area (Å²) in [5.41, 5.74) is 0. The van der Waals surface area contributed by atoms with Gasteiger partial charge in [-0.3, -0.25) is 0 Å². The number of aromatic nitrogens is 1. The van der Waals surface area contributed by atoms with Crippen LogP contribution in [0.25, 0.3) is 0 Å². The number of aliphatic hydroxyl groups excluding tert-OH is 1. The largest absolute Gasteiger partial charge is 0.396 e. The molecule has 1 aromatic rings. The summed E-state index contributed by atoms with van der Waals surface area (Å²) in [6, 6.07) is 6.11. The number of hydrogen-bond donors (Lipinski definition) is 3. The quantitative estimate of drug-likeness (QED) is 0.779. The number of fused-ring (bicyclic) bond motifs is 2. The van der Waals surface area contributed by atoms with E-state index in [-0.39, 0.29) is 30.6 Å². The first-order chi connectivity index (χ1) is 11.7. The molecule has 3 fully saturated rings. The lowest BCUT2D eigenvalue weighted by Crippen LogP contribution is -2.51. The molecule has 4 rings (SSSR count). The third kappa shape index (κ3) is 2.95. The topological polar surface area (TPSA) is 77.5 Å². The second kappa shape index (κ2) is 6.59. The van der Waals surface area contributed by atoms with Crippen molar-refractivity contribution in [3.63, 3.8) is 0 Å². The van der Waals surface area contributed by atoms with E-state index in [2.05, 4.69) is 20.5 Å². The van der Waals surface area contributed by atoms with Crippen LogP contribution in [-0.4, -0.2) is 47.9 Å². The van der Waals surface area contributed by atoms with E-state index in [1.165, 1.54) is 12.8 Å². The molecule has 2 amide bonds. The summed E-state index contributed by atoms with van der Waals surface area (Å²) in [6.07, 6.45) is 6.28. The lowest BCUT2D eigenvalue weighted by atomic mass is 9.85. The first-order valence-electron chi connectivity index (χ1n) is 9.08. The van der Waals surface area contributed by atoms with Gasteiger partial charge in [-0.1, -0.05) is 6.07 Å². The standard InChI is InChI=1S/C18H26N4O2/c23-11-15-12-4-5-13(9-12)17(15)21-18(24)20-14-6-8-22(10-14)16-3-1-2-7-19-16/h1-3,7,12-15,17,23H,4-6,8-11H2,(H2,20,21,24). The van der Waals surface area contributed by atoms with E-state index < -0.39 is 0 Å². The summed E-state index contributed by atoms with van der Waals surface area (Å²) >= 11 is 0. The Bertz CT molecular complexity index is 582. The Morgan fingerprint density at radius 1 is 1.25 bits per heavy atom. The van der Waals surface area contributed by atoms with Crippen LogP contribution in [0.1, 0.15) is 25.7 Å². The van der Waals surface area contributed by atoms with Crippen LogP contribution in [0.3, 0.4) is 0 Å². The molecule has 1 aromatic heterocycles. The van der Waals surface area contributed by atoms with Crippen molar-refractivity contribution in [1.29, 1.82) is 0 Å². The lowest BCUT2D eigenvalue weighted by molar-refractivity contribution is 0.144. The Labute approximate surface area is 142 Å². The molecular weight excluding hydrogens is 304 g/mol. The number of carbonyl (C=O) groups excluding carboxylic acids is 1. The van der Waals surface area contributed by atoms with E-state index in [0.717, 1.165) is 31.7 Å². The summed E-state index contributed by atoms with van der Waals surface area (Å²) < 4.78 is 0. The zero-order valence-electron chi connectivity index (χ0n) is 13.9. The summed E-state index contributed by atoms with van der Waals surface area (Å²) in [6.45, 7) is 1.89. The number of urea groups is 1. The molecule has 2 saturated carbocycles. The van der Waals surface area contributed by atoms with Gasteiger partial charge in [0.05, 0.1) is 0 Å². The maximum absolute atomic E-state index is 12.4. The van der Waals surface area contributed by atoms with Crippen molar-refractivity contribution < 1.29 is 9.90 Å². The number of nitrogens with zero attached hydrogens (tertiary/aromatic N) is 2. The molecular formula is C18H26N4O2. The molecule has 130 valence electrons. The van der Waals surface area contributed by atoms with Gasteiger partial charge in [-0.15, -0.1) is 0 Å². The van der Waals surface area contributed by atoms with Crippen molar-refractivity contribution in [3.05, 3.63) is 24.4 Å². The number of pyridine rings is 1. The molecule has 24 heavy (non-hydrogen) atoms. The third-order valence-corrected chi connectivity index (χ3v) is 6.09. The van der Waals surface area contributed by atoms with E-state index in [9.17, 15) is 9.90 Å². The van der Waals surface area contributed by atoms with E-state index >= 15 is 0 Å². The summed E-state index contributed by atoms with van der Waals surface area (Å²) in [5, 5.41) is 15.9. The normalized spacial score (nSPS) is 34.5. The number of anilines is 1. The summed E-state index contributed by atoms with van der Waals surface area (Å²) in [7, 11) is 0. The molecule has 3 N–H and O–H groups in total. The summed E-state index contributed by atoms with van der Waals surface area (Å²) in [4.78, 5) is 19.0. The fourth-order valence-electron chi connectivity index (χ4n) is 4.90. The zero-order chi connectivity index (χ0) is 16.5. The molecule has 3 aliphatic rings. The smallest absolute Gasteiger partial charge is 0.315 e. The van der Waals surface area contributed by atoms with Gasteiger partial charge in [-0.2, -0.15) is 0 Å². The minimum atomic E-state index is -0.0844. The number of nitrogens with one attached hydrogen (secondary N) is 2. The number of hydrogen-bond acceptors (Lipinski definition) is 4. The molecule has 0 spiro atoms. The average Bonchev–Trinajstić information content (AvgIpc) is 3.31. The van der Waals surface area contributed by atoms with E-state index in [1.54, 1.807) is 6.20 Å². The first-order valence-corrected chi connectivity index (χ1v) is 9.08. The van der Waals surface area contributed by atoms with Crippen LogP contribution in [0.15, 0.2) is 24.4 Å². The minimum absolute atomic E-state index is 0.0844. The highest BCUT2D eigenvalue weighted by Crippen LogP contribution is 2.48. The zero-order valence-corrected chi connectivity index (χ0v) is 13.9. The highest BCUT2D eigenvalue weighted by molar-refractivity contribution is 5.75. The van der Waals surface area contributed by atoms with Gasteiger partial charge in [-0.25, -0.2) is 9.78 Å². The Kier molecular flexibility index (Phi) is 4.31. The molecule has 2 heterocycles. The van der Waals surface area contributed by atoms with Crippen LogP contribution in [0.2, 0.25) is 0 Å². The fraction of sp³-hybridized carbons (Fsp3) is 0.667. The van der Waals surface area contributed by atoms with Gasteiger partial charge < -0.3 is 20.6 Å². The van der Waals surface area contributed by atoms with Crippen LogP contribution in [0, 0.1) is 17.8 Å². The number of rotatable bonds is 4. The van der Waals surface area contributed by atoms with Gasteiger partial charge >= 0.3 is 6.03 Å². The second-order valence-corrected chi connectivity index (χ2v) is 7.44. The first kappa shape index (κ1) is 15.7. The maximum Gasteiger partial charge on any atom is 0.315 e. The SMILES string of the molecule is O=C(NC1CCN(c2ccccn2)C1)NC1C2CCC(C2)C1CO. The van der Waals surface area contributed by atoms with Gasteiger partial charge in [0.15, 0.2) is 0 Å². The van der Waals surface area contributed by atoms with Crippen molar-refractivity contribution in [1.82, 2.24) is 15.6 Å². The molecule has 1 saturated heterocycles. The van der Waals surface area contributed by atoms with Crippen LogP contribution < -0.4 is 15.5 Å². The Morgan fingerprint density at radius 2 is 2.12 bits per heavy atom. The minimum Gasteiger partial charge on any atom is -0.396 e. The highest BCUT2D eigenvalue weighted by Gasteiger charge is 2.47. The molecule has 6 heteroatoms. The van der Waals surface area contributed by atoms with Crippen molar-refractivity contribution in [2.24, 2.45) is 17.8 Å². The molecule has 0 aromatic carbocycles. The molecule has 1 aliphatic heterocycles. The number of amides is 2. The molecule has 5 unspecified atom stereocenters. The third-order valence-electron chi connectivity index (χ3n) is 6.09. The maximum atomic E-state index is 12.4. The van der Waals surface area contributed by atoms with Gasteiger partial charge in [0.25, 0.3) is 0 Å². The van der Waals surface area contributed by atoms with E-state index in [4.69, 9.17) is 0 Å². The predicted molar refractivity (Wildman–Crippen MR) is 91.7 cm³/mol. The Hall–Kier alpha value is -1.82. The molecule has 2 aliphatic carbocycles. The van der Waals surface area contributed by atoms with Gasteiger partial charge in [0.1, 0.15) is 5.82 Å². The van der Waals surface area contributed by atoms with Crippen molar-refractivity contribution in [2.75, 3.05) is 24.6 Å². The van der Waals surface area contributed by atoms with E-state index in [0.29, 0.717) is 11.8 Å². The molecule has 2 bridgehead atoms. The Balaban J connectivity index is 1.29. The van der Waals surface area contributed by atoms with Crippen molar-refractivity contribution in [2.45, 2.75) is 37.8 Å². The van der Waals surface area contributed by atoms with Crippen LogP contribution in [0.5, 0.6) is 0 Å². The van der Waals surface area contributed by atoms with Crippen LogP contribution >= 0.6 is 0 Å². The number of carbonyl (C=O) groups is 1. The highest BCUT2D eigenvalue weighted by atomic mass is 16.3. The second-order valence-electron chi connectivity index (χ2n) is 7.44. The average molecular weight is 330 g/mol. The van der Waals surface area contributed by atoms with Gasteiger partial charge in [0.2, 0.25) is 0 Å². The molecule has 0 radical (unpaired) electrons. The van der Waals surface area contributed by atoms with Crippen molar-refractivity contribution in [3.8, 4) is 0 Å². The molecule has 6 nitrogen and oxygen atoms in total. The lowest BCUT2D eigenvalue weighted by Gasteiger charge is -2.31. The van der Waals surface area contributed by atoms with Crippen LogP contribution in [-0.2, 0) is 0 Å². The molecule has 5 atom stereocenters. The van der Waals surface area contributed by atoms with Crippen molar-refractivity contribution >= 4 is 11.8 Å².